The fourth-order valence-corrected chi connectivity index (χ4v) is 3.91. The van der Waals surface area contributed by atoms with E-state index in [1.54, 1.807) is 18.4 Å². The third kappa shape index (κ3) is 5.35. The molecule has 0 aliphatic heterocycles. The van der Waals surface area contributed by atoms with E-state index in [9.17, 15) is 4.79 Å². The highest BCUT2D eigenvalue weighted by molar-refractivity contribution is 7.10. The normalized spacial score (nSPS) is 11.3. The lowest BCUT2D eigenvalue weighted by atomic mass is 10.1. The van der Waals surface area contributed by atoms with E-state index in [-0.39, 0.29) is 5.56 Å². The van der Waals surface area contributed by atoms with E-state index in [0.29, 0.717) is 18.9 Å². The van der Waals surface area contributed by atoms with Gasteiger partial charge in [0.1, 0.15) is 5.82 Å². The Kier molecular flexibility index (Phi) is 6.55. The van der Waals surface area contributed by atoms with Crippen molar-refractivity contribution in [3.8, 4) is 11.4 Å². The first kappa shape index (κ1) is 19.5. The van der Waals surface area contributed by atoms with Crippen LogP contribution in [0.3, 0.4) is 0 Å². The molecule has 3 aromatic rings. The van der Waals surface area contributed by atoms with E-state index in [1.807, 2.05) is 12.1 Å². The van der Waals surface area contributed by atoms with Crippen LogP contribution in [0.1, 0.15) is 21.7 Å². The molecule has 0 bridgehead atoms. The number of H-pyrrole nitrogens is 1. The summed E-state index contributed by atoms with van der Waals surface area (Å²) in [4.78, 5) is 23.0. The number of nitrogens with one attached hydrogen (secondary N) is 1. The minimum Gasteiger partial charge on any atom is -0.384 e. The van der Waals surface area contributed by atoms with E-state index in [0.717, 1.165) is 24.3 Å². The van der Waals surface area contributed by atoms with Gasteiger partial charge in [0, 0.05) is 43.1 Å². The summed E-state index contributed by atoms with van der Waals surface area (Å²) in [5.74, 6) is 0.600. The number of rotatable bonds is 8. The molecule has 3 rings (SSSR count). The summed E-state index contributed by atoms with van der Waals surface area (Å²) in [5, 5.41) is 2.14. The number of thiophene rings is 1. The van der Waals surface area contributed by atoms with Gasteiger partial charge in [-0.3, -0.25) is 9.69 Å². The van der Waals surface area contributed by atoms with Gasteiger partial charge in [0.05, 0.1) is 12.3 Å². The second-order valence-electron chi connectivity index (χ2n) is 6.72. The van der Waals surface area contributed by atoms with Crippen LogP contribution in [0, 0.1) is 6.92 Å². The maximum absolute atomic E-state index is 11.9. The van der Waals surface area contributed by atoms with Gasteiger partial charge in [-0.1, -0.05) is 24.3 Å². The highest BCUT2D eigenvalue weighted by atomic mass is 32.1. The Labute approximate surface area is 163 Å². The third-order valence-electron chi connectivity index (χ3n) is 4.42. The number of benzene rings is 1. The van der Waals surface area contributed by atoms with E-state index in [2.05, 4.69) is 52.4 Å². The molecule has 2 aromatic heterocycles. The highest BCUT2D eigenvalue weighted by Crippen LogP contribution is 2.19. The maximum atomic E-state index is 11.9. The number of hydrogen-bond donors (Lipinski definition) is 1. The summed E-state index contributed by atoms with van der Waals surface area (Å²) in [6.07, 6.45) is 0.623. The zero-order valence-corrected chi connectivity index (χ0v) is 16.8. The van der Waals surface area contributed by atoms with Gasteiger partial charge >= 0.3 is 0 Å². The summed E-state index contributed by atoms with van der Waals surface area (Å²) in [6, 6.07) is 11.9. The van der Waals surface area contributed by atoms with Crippen LogP contribution in [0.2, 0.25) is 0 Å². The van der Waals surface area contributed by atoms with Crippen molar-refractivity contribution >= 4 is 11.3 Å². The van der Waals surface area contributed by atoms with Gasteiger partial charge in [-0.2, -0.15) is 0 Å². The SMILES string of the molecule is COCCc1cc(=O)[nH]c(-c2ccc(CN(C)Cc3sccc3C)cc2)n1. The zero-order valence-electron chi connectivity index (χ0n) is 16.0. The van der Waals surface area contributed by atoms with Crippen LogP contribution in [0.4, 0.5) is 0 Å². The molecule has 2 heterocycles. The molecule has 0 aliphatic rings. The molecule has 0 aliphatic carbocycles. The van der Waals surface area contributed by atoms with E-state index < -0.39 is 0 Å². The van der Waals surface area contributed by atoms with Crippen LogP contribution in [-0.2, 0) is 24.2 Å². The monoisotopic (exact) mass is 383 g/mol. The van der Waals surface area contributed by atoms with Crippen molar-refractivity contribution in [1.29, 1.82) is 0 Å². The fourth-order valence-electron chi connectivity index (χ4n) is 2.93. The Bertz CT molecular complexity index is 931. The quantitative estimate of drug-likeness (QED) is 0.645. The second kappa shape index (κ2) is 9.08. The molecule has 0 atom stereocenters. The van der Waals surface area contributed by atoms with E-state index >= 15 is 0 Å². The first-order valence-electron chi connectivity index (χ1n) is 8.95. The lowest BCUT2D eigenvalue weighted by Gasteiger charge is -2.16. The molecule has 0 unspecified atom stereocenters. The summed E-state index contributed by atoms with van der Waals surface area (Å²) in [5.41, 5.74) is 4.10. The van der Waals surface area contributed by atoms with Crippen molar-refractivity contribution < 1.29 is 4.74 Å². The summed E-state index contributed by atoms with van der Waals surface area (Å²) in [6.45, 7) is 4.52. The molecule has 0 saturated carbocycles. The van der Waals surface area contributed by atoms with Gasteiger partial charge in [0.25, 0.3) is 5.56 Å². The molecule has 6 heteroatoms. The molecule has 27 heavy (non-hydrogen) atoms. The van der Waals surface area contributed by atoms with E-state index in [1.165, 1.54) is 22.1 Å². The third-order valence-corrected chi connectivity index (χ3v) is 5.43. The second-order valence-corrected chi connectivity index (χ2v) is 7.72. The van der Waals surface area contributed by atoms with Crippen LogP contribution in [0.5, 0.6) is 0 Å². The van der Waals surface area contributed by atoms with Crippen LogP contribution in [-0.4, -0.2) is 35.6 Å². The Morgan fingerprint density at radius 1 is 1.19 bits per heavy atom. The largest absolute Gasteiger partial charge is 0.384 e. The molecule has 5 nitrogen and oxygen atoms in total. The molecule has 0 amide bonds. The number of nitrogens with zero attached hydrogens (tertiary/aromatic N) is 2. The van der Waals surface area contributed by atoms with Gasteiger partial charge in [0.2, 0.25) is 0 Å². The van der Waals surface area contributed by atoms with Crippen molar-refractivity contribution in [3.05, 3.63) is 73.8 Å². The summed E-state index contributed by atoms with van der Waals surface area (Å²) < 4.78 is 5.07. The van der Waals surface area contributed by atoms with Crippen LogP contribution in [0.25, 0.3) is 11.4 Å². The first-order valence-corrected chi connectivity index (χ1v) is 9.83. The Hall–Kier alpha value is -2.28. The fraction of sp³-hybridized carbons (Fsp3) is 0.333. The lowest BCUT2D eigenvalue weighted by Crippen LogP contribution is -2.17. The maximum Gasteiger partial charge on any atom is 0.251 e. The zero-order chi connectivity index (χ0) is 19.2. The van der Waals surface area contributed by atoms with E-state index in [4.69, 9.17) is 4.74 Å². The molecule has 0 fully saturated rings. The molecule has 0 saturated heterocycles. The number of aromatic nitrogens is 2. The summed E-state index contributed by atoms with van der Waals surface area (Å²) >= 11 is 1.80. The van der Waals surface area contributed by atoms with Crippen molar-refractivity contribution in [2.75, 3.05) is 20.8 Å². The van der Waals surface area contributed by atoms with Gasteiger partial charge in [-0.15, -0.1) is 11.3 Å². The molecule has 142 valence electrons. The van der Waals surface area contributed by atoms with Crippen molar-refractivity contribution in [2.24, 2.45) is 0 Å². The highest BCUT2D eigenvalue weighted by Gasteiger charge is 2.08. The Morgan fingerprint density at radius 3 is 2.63 bits per heavy atom. The number of aromatic amines is 1. The number of ether oxygens (including phenoxy) is 1. The predicted molar refractivity (Wildman–Crippen MR) is 110 cm³/mol. The predicted octanol–water partition coefficient (Wildman–Crippen LogP) is 3.63. The number of aryl methyl sites for hydroxylation is 1. The molecule has 0 spiro atoms. The molecular weight excluding hydrogens is 358 g/mol. The van der Waals surface area contributed by atoms with Gasteiger partial charge in [0.15, 0.2) is 0 Å². The average molecular weight is 384 g/mol. The average Bonchev–Trinajstić information content (AvgIpc) is 3.04. The summed E-state index contributed by atoms with van der Waals surface area (Å²) in [7, 11) is 3.77. The Balaban J connectivity index is 1.69. The van der Waals surface area contributed by atoms with Crippen molar-refractivity contribution in [1.82, 2.24) is 14.9 Å². The molecular formula is C21H25N3O2S. The number of methoxy groups -OCH3 is 1. The van der Waals surface area contributed by atoms with Gasteiger partial charge < -0.3 is 9.72 Å². The topological polar surface area (TPSA) is 58.2 Å². The lowest BCUT2D eigenvalue weighted by molar-refractivity contribution is 0.201. The minimum absolute atomic E-state index is 0.138. The smallest absolute Gasteiger partial charge is 0.251 e. The van der Waals surface area contributed by atoms with Crippen LogP contribution >= 0.6 is 11.3 Å². The van der Waals surface area contributed by atoms with Crippen molar-refractivity contribution in [2.45, 2.75) is 26.4 Å². The molecule has 1 aromatic carbocycles. The first-order chi connectivity index (χ1) is 13.0. The Morgan fingerprint density at radius 2 is 1.96 bits per heavy atom. The van der Waals surface area contributed by atoms with Crippen LogP contribution < -0.4 is 5.56 Å². The standard InChI is InChI=1S/C21H25N3O2S/c1-15-9-11-27-19(15)14-24(2)13-16-4-6-17(7-5-16)21-22-18(8-10-26-3)12-20(25)23-21/h4-7,9,11-12H,8,10,13-14H2,1-3H3,(H,22,23,25). The minimum atomic E-state index is -0.138. The van der Waals surface area contributed by atoms with Crippen molar-refractivity contribution in [3.63, 3.8) is 0 Å². The number of hydrogen-bond acceptors (Lipinski definition) is 5. The molecule has 0 radical (unpaired) electrons. The van der Waals surface area contributed by atoms with Crippen LogP contribution in [0.15, 0.2) is 46.6 Å². The van der Waals surface area contributed by atoms with Gasteiger partial charge in [-0.05, 0) is 36.5 Å². The molecule has 1 N–H and O–H groups in total. The van der Waals surface area contributed by atoms with Gasteiger partial charge in [-0.25, -0.2) is 4.98 Å².